The molecular weight excluding hydrogens is 416 g/mol. The molecule has 32 heavy (non-hydrogen) atoms. The first-order chi connectivity index (χ1) is 15.4. The molecule has 0 saturated heterocycles. The number of carbonyl (C=O) groups excluding carboxylic acids is 2. The average molecular weight is 439 g/mol. The summed E-state index contributed by atoms with van der Waals surface area (Å²) in [4.78, 5) is 24.6. The van der Waals surface area contributed by atoms with Crippen molar-refractivity contribution in [3.63, 3.8) is 0 Å². The molecule has 0 aromatic heterocycles. The van der Waals surface area contributed by atoms with Crippen molar-refractivity contribution in [1.82, 2.24) is 5.32 Å². The molecule has 1 amide bonds. The lowest BCUT2D eigenvalue weighted by Gasteiger charge is -2.17. The van der Waals surface area contributed by atoms with Crippen molar-refractivity contribution in [2.24, 2.45) is 0 Å². The molecule has 166 valence electrons. The third kappa shape index (κ3) is 6.91. The highest BCUT2D eigenvalue weighted by atomic mass is 19.1. The van der Waals surface area contributed by atoms with E-state index in [1.165, 1.54) is 7.11 Å². The summed E-state index contributed by atoms with van der Waals surface area (Å²) in [5.41, 5.74) is 1.94. The van der Waals surface area contributed by atoms with Gasteiger partial charge in [0.05, 0.1) is 13.5 Å². The monoisotopic (exact) mass is 439 g/mol. The van der Waals surface area contributed by atoms with Gasteiger partial charge in [-0.2, -0.15) is 0 Å². The average Bonchev–Trinajstić information content (AvgIpc) is 2.77. The Morgan fingerprint density at radius 1 is 0.875 bits per heavy atom. The van der Waals surface area contributed by atoms with Gasteiger partial charge in [-0.15, -0.1) is 0 Å². The van der Waals surface area contributed by atoms with Gasteiger partial charge in [-0.1, -0.05) is 42.5 Å². The number of carbonyl (C=O) groups is 2. The van der Waals surface area contributed by atoms with Crippen LogP contribution in [0.1, 0.15) is 16.7 Å². The molecule has 5 nitrogen and oxygen atoms in total. The van der Waals surface area contributed by atoms with Crippen molar-refractivity contribution in [1.29, 1.82) is 0 Å². The number of methoxy groups -OCH3 is 1. The molecule has 0 aliphatic rings. The second-order valence-corrected chi connectivity index (χ2v) is 7.22. The molecule has 7 heteroatoms. The molecule has 3 rings (SSSR count). The minimum absolute atomic E-state index is 0.165. The summed E-state index contributed by atoms with van der Waals surface area (Å²) in [5, 5.41) is 2.58. The number of halogens is 2. The molecule has 1 atom stereocenters. The lowest BCUT2D eigenvalue weighted by atomic mass is 10.0. The fourth-order valence-corrected chi connectivity index (χ4v) is 3.22. The van der Waals surface area contributed by atoms with E-state index in [1.807, 2.05) is 30.3 Å². The third-order valence-electron chi connectivity index (χ3n) is 4.69. The van der Waals surface area contributed by atoms with Crippen LogP contribution in [0.2, 0.25) is 0 Å². The van der Waals surface area contributed by atoms with E-state index in [1.54, 1.807) is 24.3 Å². The molecule has 0 spiro atoms. The first-order valence-corrected chi connectivity index (χ1v) is 10.0. The van der Waals surface area contributed by atoms with Gasteiger partial charge in [-0.25, -0.2) is 13.6 Å². The second kappa shape index (κ2) is 11.0. The van der Waals surface area contributed by atoms with Gasteiger partial charge in [0.25, 0.3) is 0 Å². The SMILES string of the molecule is COC(=O)[C@H](Cc1cccc(OCc2ccccc2)c1)NC(=O)Cc1cc(F)cc(F)c1. The van der Waals surface area contributed by atoms with Gasteiger partial charge in [0.15, 0.2) is 0 Å². The van der Waals surface area contributed by atoms with E-state index in [4.69, 9.17) is 9.47 Å². The van der Waals surface area contributed by atoms with Crippen LogP contribution in [0.4, 0.5) is 8.78 Å². The van der Waals surface area contributed by atoms with Crippen LogP contribution in [0, 0.1) is 11.6 Å². The number of amides is 1. The van der Waals surface area contributed by atoms with Crippen LogP contribution in [0.3, 0.4) is 0 Å². The van der Waals surface area contributed by atoms with E-state index in [2.05, 4.69) is 5.32 Å². The molecule has 0 radical (unpaired) electrons. The minimum atomic E-state index is -0.963. The van der Waals surface area contributed by atoms with E-state index in [0.717, 1.165) is 29.3 Å². The maximum atomic E-state index is 13.4. The van der Waals surface area contributed by atoms with Gasteiger partial charge < -0.3 is 14.8 Å². The zero-order chi connectivity index (χ0) is 22.9. The van der Waals surface area contributed by atoms with Crippen molar-refractivity contribution in [3.8, 4) is 5.75 Å². The lowest BCUT2D eigenvalue weighted by molar-refractivity contribution is -0.145. The highest BCUT2D eigenvalue weighted by Crippen LogP contribution is 2.17. The summed E-state index contributed by atoms with van der Waals surface area (Å²) < 4.78 is 37.3. The maximum Gasteiger partial charge on any atom is 0.328 e. The van der Waals surface area contributed by atoms with E-state index in [-0.39, 0.29) is 18.4 Å². The molecule has 0 fully saturated rings. The molecule has 0 aliphatic carbocycles. The number of esters is 1. The Balaban J connectivity index is 1.64. The second-order valence-electron chi connectivity index (χ2n) is 7.22. The van der Waals surface area contributed by atoms with Gasteiger partial charge in [-0.3, -0.25) is 4.79 Å². The van der Waals surface area contributed by atoms with Crippen LogP contribution >= 0.6 is 0 Å². The van der Waals surface area contributed by atoms with E-state index in [9.17, 15) is 18.4 Å². The fraction of sp³-hybridized carbons (Fsp3) is 0.200. The highest BCUT2D eigenvalue weighted by molar-refractivity contribution is 5.85. The first-order valence-electron chi connectivity index (χ1n) is 10.0. The van der Waals surface area contributed by atoms with Crippen LogP contribution in [0.25, 0.3) is 0 Å². The Bertz CT molecular complexity index is 1050. The zero-order valence-electron chi connectivity index (χ0n) is 17.5. The summed E-state index contributed by atoms with van der Waals surface area (Å²) in [6.07, 6.45) is -0.110. The van der Waals surface area contributed by atoms with Crippen LogP contribution in [-0.2, 0) is 33.8 Å². The van der Waals surface area contributed by atoms with E-state index < -0.39 is 29.6 Å². The Morgan fingerprint density at radius 2 is 1.56 bits per heavy atom. The van der Waals surface area contributed by atoms with Crippen LogP contribution in [0.15, 0.2) is 72.8 Å². The number of benzene rings is 3. The van der Waals surface area contributed by atoms with Gasteiger partial charge in [-0.05, 0) is 41.0 Å². The van der Waals surface area contributed by atoms with Crippen molar-refractivity contribution in [3.05, 3.63) is 101 Å². The molecule has 3 aromatic rings. The van der Waals surface area contributed by atoms with Gasteiger partial charge >= 0.3 is 5.97 Å². The molecule has 0 unspecified atom stereocenters. The van der Waals surface area contributed by atoms with E-state index in [0.29, 0.717) is 12.4 Å². The molecular formula is C25H23F2NO4. The maximum absolute atomic E-state index is 13.4. The standard InChI is InChI=1S/C25H23F2NO4/c1-31-25(30)23(28-24(29)14-19-10-20(26)15-21(27)11-19)13-18-8-5-9-22(12-18)32-16-17-6-3-2-4-7-17/h2-12,15,23H,13-14,16H2,1H3,(H,28,29)/t23-/m0/s1. The number of rotatable bonds is 9. The number of hydrogen-bond acceptors (Lipinski definition) is 4. The van der Waals surface area contributed by atoms with Crippen LogP contribution in [-0.4, -0.2) is 25.0 Å². The molecule has 0 heterocycles. The predicted octanol–water partition coefficient (Wildman–Crippen LogP) is 3.99. The van der Waals surface area contributed by atoms with Gasteiger partial charge in [0.1, 0.15) is 30.0 Å². The Morgan fingerprint density at radius 3 is 2.25 bits per heavy atom. The van der Waals surface area contributed by atoms with Crippen molar-refractivity contribution >= 4 is 11.9 Å². The molecule has 0 saturated carbocycles. The highest BCUT2D eigenvalue weighted by Gasteiger charge is 2.22. The van der Waals surface area contributed by atoms with Gasteiger partial charge in [0, 0.05) is 12.5 Å². The normalized spacial score (nSPS) is 11.5. The minimum Gasteiger partial charge on any atom is -0.489 e. The molecule has 0 aliphatic heterocycles. The van der Waals surface area contributed by atoms with Crippen LogP contribution in [0.5, 0.6) is 5.75 Å². The van der Waals surface area contributed by atoms with Crippen molar-refractivity contribution < 1.29 is 27.8 Å². The van der Waals surface area contributed by atoms with Crippen LogP contribution < -0.4 is 10.1 Å². The summed E-state index contributed by atoms with van der Waals surface area (Å²) in [7, 11) is 1.23. The molecule has 1 N–H and O–H groups in total. The largest absolute Gasteiger partial charge is 0.489 e. The quantitative estimate of drug-likeness (QED) is 0.512. The topological polar surface area (TPSA) is 64.6 Å². The molecule has 3 aromatic carbocycles. The number of hydrogen-bond donors (Lipinski definition) is 1. The summed E-state index contributed by atoms with van der Waals surface area (Å²) in [6, 6.07) is 18.8. The Labute approximate surface area is 185 Å². The number of ether oxygens (including phenoxy) is 2. The van der Waals surface area contributed by atoms with Gasteiger partial charge in [0.2, 0.25) is 5.91 Å². The van der Waals surface area contributed by atoms with E-state index >= 15 is 0 Å². The third-order valence-corrected chi connectivity index (χ3v) is 4.69. The zero-order valence-corrected chi connectivity index (χ0v) is 17.5. The smallest absolute Gasteiger partial charge is 0.328 e. The Hall–Kier alpha value is -3.74. The lowest BCUT2D eigenvalue weighted by Crippen LogP contribution is -2.43. The number of nitrogens with one attached hydrogen (secondary N) is 1. The van der Waals surface area contributed by atoms with Crippen molar-refractivity contribution in [2.45, 2.75) is 25.5 Å². The molecule has 0 bridgehead atoms. The first kappa shape index (κ1) is 22.9. The predicted molar refractivity (Wildman–Crippen MR) is 115 cm³/mol. The van der Waals surface area contributed by atoms with Crippen molar-refractivity contribution in [2.75, 3.05) is 7.11 Å². The summed E-state index contributed by atoms with van der Waals surface area (Å²) in [6.45, 7) is 0.394. The summed E-state index contributed by atoms with van der Waals surface area (Å²) in [5.74, 6) is -2.10. The Kier molecular flexibility index (Phi) is 7.91. The fourth-order valence-electron chi connectivity index (χ4n) is 3.22. The summed E-state index contributed by atoms with van der Waals surface area (Å²) >= 11 is 0.